The number of hydrogen-bond donors (Lipinski definition) is 1. The molecular formula is C35H55B2NO5. The first-order chi connectivity index (χ1) is 21.0. The molecule has 1 aromatic carbocycles. The van der Waals surface area contributed by atoms with Crippen molar-refractivity contribution < 1.29 is 25.1 Å². The van der Waals surface area contributed by atoms with Crippen LogP contribution in [-0.2, 0) is 30.1 Å². The zero-order chi connectivity index (χ0) is 30.7. The monoisotopic (exact) mass is 591 g/mol. The van der Waals surface area contributed by atoms with Crippen LogP contribution in [0.3, 0.4) is 0 Å². The molecule has 2 bridgehead atoms. The van der Waals surface area contributed by atoms with Gasteiger partial charge in [0.2, 0.25) is 5.91 Å². The molecule has 0 aromatic heterocycles. The van der Waals surface area contributed by atoms with Gasteiger partial charge in [0.15, 0.2) is 0 Å². The van der Waals surface area contributed by atoms with Crippen molar-refractivity contribution in [3.63, 3.8) is 0 Å². The molecule has 8 heteroatoms. The Morgan fingerprint density at radius 1 is 1.07 bits per heavy atom. The minimum Gasteiger partial charge on any atom is -0.458 e. The highest BCUT2D eigenvalue weighted by molar-refractivity contribution is 6.44. The highest BCUT2D eigenvalue weighted by Crippen LogP contribution is 2.44. The molecule has 1 aliphatic heterocycles. The number of unbranched alkanes of at least 4 members (excludes halogenated alkanes) is 4. The van der Waals surface area contributed by atoms with Crippen molar-refractivity contribution in [2.75, 3.05) is 6.54 Å². The molecule has 0 spiro atoms. The van der Waals surface area contributed by atoms with Gasteiger partial charge in [-0.3, -0.25) is 9.59 Å². The van der Waals surface area contributed by atoms with E-state index in [9.17, 15) is 9.59 Å². The fourth-order valence-electron chi connectivity index (χ4n) is 6.15. The van der Waals surface area contributed by atoms with E-state index in [2.05, 4.69) is 48.7 Å². The van der Waals surface area contributed by atoms with Gasteiger partial charge < -0.3 is 19.4 Å². The Morgan fingerprint density at radius 2 is 1.88 bits per heavy atom. The molecule has 1 saturated heterocycles. The van der Waals surface area contributed by atoms with Crippen LogP contribution in [0.5, 0.6) is 0 Å². The van der Waals surface area contributed by atoms with Gasteiger partial charge in [0, 0.05) is 32.8 Å². The first-order valence-electron chi connectivity index (χ1n) is 16.9. The minimum atomic E-state index is -0.287. The van der Waals surface area contributed by atoms with Crippen molar-refractivity contribution in [1.82, 2.24) is 5.32 Å². The maximum absolute atomic E-state index is 12.8. The summed E-state index contributed by atoms with van der Waals surface area (Å²) in [6.07, 6.45) is 21.3. The average Bonchev–Trinajstić information content (AvgIpc) is 3.25. The number of ether oxygens (including phenoxy) is 1. The summed E-state index contributed by atoms with van der Waals surface area (Å²) in [5, 5.41) is 2.86. The van der Waals surface area contributed by atoms with Crippen molar-refractivity contribution in [3.8, 4) is 0 Å². The summed E-state index contributed by atoms with van der Waals surface area (Å²) in [6, 6.07) is 10.4. The summed E-state index contributed by atoms with van der Waals surface area (Å²) >= 11 is 0. The summed E-state index contributed by atoms with van der Waals surface area (Å²) in [5.41, 5.74) is 1.24. The standard InChI is InChI=1S/C35H53B2NO5.H2/c1-3-5-26-37-42-32-27-33(43-37)31(30(32)18-12-6-7-13-19-34(39)38-4-2)24-23-29(22-21-28-16-10-8-11-17-28)41-35(40)20-14-9-15-25-36;/h6,8,10-12,16-17,23-24,29-33H,3-5,7,9,13-15,18-22,25-27H2,1-2H3,(H,38,39);1H/b12-6-,24-23+;/t29-,30+,31+,32-,33+;/m0./s1. The maximum atomic E-state index is 12.8. The second-order valence-electron chi connectivity index (χ2n) is 12.0. The fourth-order valence-corrected chi connectivity index (χ4v) is 6.15. The molecule has 5 atom stereocenters. The van der Waals surface area contributed by atoms with Gasteiger partial charge in [-0.15, -0.1) is 0 Å². The van der Waals surface area contributed by atoms with Crippen molar-refractivity contribution in [2.45, 2.75) is 128 Å². The molecular weight excluding hydrogens is 536 g/mol. The van der Waals surface area contributed by atoms with E-state index in [1.165, 1.54) is 5.56 Å². The van der Waals surface area contributed by atoms with Gasteiger partial charge in [-0.1, -0.05) is 87.5 Å². The molecule has 2 radical (unpaired) electrons. The predicted molar refractivity (Wildman–Crippen MR) is 178 cm³/mol. The molecule has 6 nitrogen and oxygen atoms in total. The number of amides is 1. The molecule has 1 aliphatic carbocycles. The lowest BCUT2D eigenvalue weighted by Gasteiger charge is -2.27. The van der Waals surface area contributed by atoms with Gasteiger partial charge in [-0.2, -0.15) is 0 Å². The summed E-state index contributed by atoms with van der Waals surface area (Å²) in [5.74, 6) is 0.469. The number of hydrogen-bond acceptors (Lipinski definition) is 5. The van der Waals surface area contributed by atoms with E-state index in [-0.39, 0.29) is 44.7 Å². The number of allylic oxidation sites excluding steroid dienone is 2. The second kappa shape index (κ2) is 20.6. The number of esters is 1. The quantitative estimate of drug-likeness (QED) is 0.0697. The van der Waals surface area contributed by atoms with E-state index in [0.717, 1.165) is 76.9 Å². The normalized spacial score (nSPS) is 22.3. The first kappa shape index (κ1) is 35.2. The number of carbonyl (C=O) groups is 2. The Kier molecular flexibility index (Phi) is 16.9. The average molecular weight is 591 g/mol. The topological polar surface area (TPSA) is 73.9 Å². The van der Waals surface area contributed by atoms with Crippen LogP contribution in [0.15, 0.2) is 54.6 Å². The van der Waals surface area contributed by atoms with Crippen LogP contribution in [-0.4, -0.2) is 51.7 Å². The second-order valence-corrected chi connectivity index (χ2v) is 12.0. The third kappa shape index (κ3) is 13.1. The van der Waals surface area contributed by atoms with Crippen LogP contribution in [0.2, 0.25) is 12.6 Å². The molecule has 2 aliphatic rings. The molecule has 1 aromatic rings. The number of nitrogens with one attached hydrogen (secondary N) is 1. The molecule has 1 saturated carbocycles. The zero-order valence-corrected chi connectivity index (χ0v) is 26.6. The SMILES string of the molecule is [B]CCCCCC(=O)O[C@H](/C=C/[C@@H]1[C@@H](C/C=C\CCCC(=O)NCC)[C@@H]2C[C@H]1OB(CCCC)O2)CCc1ccccc1.[HH]. The lowest BCUT2D eigenvalue weighted by molar-refractivity contribution is -0.147. The highest BCUT2D eigenvalue weighted by Gasteiger charge is 2.49. The summed E-state index contributed by atoms with van der Waals surface area (Å²) in [6.45, 7) is 4.81. The number of fused-ring (bicyclic) bond motifs is 2. The maximum Gasteiger partial charge on any atom is 0.457 e. The third-order valence-electron chi connectivity index (χ3n) is 8.51. The van der Waals surface area contributed by atoms with E-state index in [1.807, 2.05) is 25.1 Å². The van der Waals surface area contributed by atoms with Crippen LogP contribution < -0.4 is 5.32 Å². The third-order valence-corrected chi connectivity index (χ3v) is 8.51. The predicted octanol–water partition coefficient (Wildman–Crippen LogP) is 7.44. The first-order valence-corrected chi connectivity index (χ1v) is 16.9. The number of benzene rings is 1. The Hall–Kier alpha value is -2.31. The van der Waals surface area contributed by atoms with E-state index in [4.69, 9.17) is 21.9 Å². The van der Waals surface area contributed by atoms with Gasteiger partial charge in [0.05, 0.1) is 14.0 Å². The van der Waals surface area contributed by atoms with Crippen LogP contribution in [0.25, 0.3) is 0 Å². The van der Waals surface area contributed by atoms with E-state index >= 15 is 0 Å². The van der Waals surface area contributed by atoms with Crippen LogP contribution in [0.1, 0.15) is 97.9 Å². The van der Waals surface area contributed by atoms with E-state index in [1.54, 1.807) is 0 Å². The molecule has 3 rings (SSSR count). The summed E-state index contributed by atoms with van der Waals surface area (Å²) < 4.78 is 19.0. The number of rotatable bonds is 21. The van der Waals surface area contributed by atoms with Gasteiger partial charge >= 0.3 is 13.1 Å². The van der Waals surface area contributed by atoms with Crippen LogP contribution in [0, 0.1) is 11.8 Å². The largest absolute Gasteiger partial charge is 0.458 e. The lowest BCUT2D eigenvalue weighted by atomic mass is 9.80. The Labute approximate surface area is 263 Å². The van der Waals surface area contributed by atoms with Gasteiger partial charge in [0.25, 0.3) is 0 Å². The Morgan fingerprint density at radius 3 is 2.65 bits per heavy atom. The van der Waals surface area contributed by atoms with Crippen molar-refractivity contribution in [3.05, 3.63) is 60.2 Å². The van der Waals surface area contributed by atoms with Crippen molar-refractivity contribution in [2.24, 2.45) is 11.8 Å². The Balaban J connectivity index is 0.00000675. The van der Waals surface area contributed by atoms with Crippen LogP contribution >= 0.6 is 0 Å². The van der Waals surface area contributed by atoms with Gasteiger partial charge in [0.1, 0.15) is 6.10 Å². The molecule has 2 fully saturated rings. The van der Waals surface area contributed by atoms with Crippen LogP contribution in [0.4, 0.5) is 0 Å². The van der Waals surface area contributed by atoms with E-state index in [0.29, 0.717) is 31.6 Å². The summed E-state index contributed by atoms with van der Waals surface area (Å²) in [7, 11) is 5.46. The molecule has 1 N–H and O–H groups in total. The molecule has 43 heavy (non-hydrogen) atoms. The smallest absolute Gasteiger partial charge is 0.457 e. The minimum absolute atomic E-state index is 0. The number of aryl methyl sites for hydroxylation is 1. The summed E-state index contributed by atoms with van der Waals surface area (Å²) in [4.78, 5) is 24.5. The molecule has 1 amide bonds. The molecule has 1 heterocycles. The lowest BCUT2D eigenvalue weighted by Crippen LogP contribution is -2.37. The highest BCUT2D eigenvalue weighted by atomic mass is 16.6. The van der Waals surface area contributed by atoms with Crippen molar-refractivity contribution >= 4 is 26.8 Å². The van der Waals surface area contributed by atoms with Gasteiger partial charge in [-0.25, -0.2) is 0 Å². The van der Waals surface area contributed by atoms with Crippen molar-refractivity contribution in [1.29, 1.82) is 0 Å². The van der Waals surface area contributed by atoms with Gasteiger partial charge in [-0.05, 0) is 75.7 Å². The molecule has 236 valence electrons. The fraction of sp³-hybridized carbons (Fsp3) is 0.657. The molecule has 0 unspecified atom stereocenters. The Bertz CT molecular complexity index is 995. The number of carbonyl (C=O) groups excluding carboxylic acids is 2. The zero-order valence-electron chi connectivity index (χ0n) is 26.6. The van der Waals surface area contributed by atoms with E-state index < -0.39 is 0 Å².